The van der Waals surface area contributed by atoms with Gasteiger partial charge in [0.25, 0.3) is 5.91 Å². The van der Waals surface area contributed by atoms with Gasteiger partial charge in [0.05, 0.1) is 0 Å². The van der Waals surface area contributed by atoms with Gasteiger partial charge in [-0.2, -0.15) is 0 Å². The highest BCUT2D eigenvalue weighted by Crippen LogP contribution is 2.18. The fourth-order valence-electron chi connectivity index (χ4n) is 3.00. The van der Waals surface area contributed by atoms with E-state index in [1.807, 2.05) is 6.92 Å². The zero-order valence-corrected chi connectivity index (χ0v) is 15.2. The second-order valence-corrected chi connectivity index (χ2v) is 6.52. The summed E-state index contributed by atoms with van der Waals surface area (Å²) < 4.78 is 28.8. The van der Waals surface area contributed by atoms with Crippen molar-refractivity contribution < 1.29 is 27.9 Å². The molecular weight excluding hydrogens is 353 g/mol. The van der Waals surface area contributed by atoms with E-state index in [4.69, 9.17) is 13.9 Å². The molecule has 6 nitrogen and oxygen atoms in total. The third-order valence-electron chi connectivity index (χ3n) is 4.51. The maximum Gasteiger partial charge on any atom is 0.374 e. The van der Waals surface area contributed by atoms with Crippen LogP contribution >= 0.6 is 0 Å². The number of ether oxygens (including phenoxy) is 2. The zero-order chi connectivity index (χ0) is 19.2. The number of benzene rings is 1. The Kier molecular flexibility index (Phi) is 6.11. The molecule has 0 aliphatic carbocycles. The summed E-state index contributed by atoms with van der Waals surface area (Å²) in [7, 11) is 0. The van der Waals surface area contributed by atoms with Gasteiger partial charge in [-0.1, -0.05) is 0 Å². The van der Waals surface area contributed by atoms with Gasteiger partial charge in [-0.3, -0.25) is 4.79 Å². The second kappa shape index (κ2) is 8.70. The molecule has 2 heterocycles. The van der Waals surface area contributed by atoms with Crippen molar-refractivity contribution in [3.05, 3.63) is 53.7 Å². The van der Waals surface area contributed by atoms with Crippen LogP contribution in [0.4, 0.5) is 4.39 Å². The molecule has 0 N–H and O–H groups in total. The summed E-state index contributed by atoms with van der Waals surface area (Å²) >= 11 is 0. The van der Waals surface area contributed by atoms with Crippen molar-refractivity contribution in [2.45, 2.75) is 38.8 Å². The highest BCUT2D eigenvalue weighted by molar-refractivity contribution is 5.88. The fourth-order valence-corrected chi connectivity index (χ4v) is 3.00. The van der Waals surface area contributed by atoms with Crippen LogP contribution in [-0.2, 0) is 16.1 Å². The van der Waals surface area contributed by atoms with Crippen LogP contribution in [0.25, 0.3) is 0 Å². The molecule has 1 saturated heterocycles. The van der Waals surface area contributed by atoms with Gasteiger partial charge in [0.2, 0.25) is 5.76 Å². The standard InChI is InChI=1S/C20H22FNO5/c1-14-4-2-3-11-22(14)19(23)13-26-20(24)18-10-9-17(27-18)12-25-16-7-5-15(21)6-8-16/h5-10,14H,2-4,11-13H2,1H3. The minimum absolute atomic E-state index is 0.00667. The molecule has 0 bridgehead atoms. The van der Waals surface area contributed by atoms with E-state index in [0.717, 1.165) is 19.3 Å². The molecule has 1 atom stereocenters. The lowest BCUT2D eigenvalue weighted by molar-refractivity contribution is -0.137. The Labute approximate surface area is 156 Å². The lowest BCUT2D eigenvalue weighted by atomic mass is 10.0. The summed E-state index contributed by atoms with van der Waals surface area (Å²) in [6.45, 7) is 2.48. The molecule has 144 valence electrons. The van der Waals surface area contributed by atoms with E-state index in [0.29, 0.717) is 18.1 Å². The predicted molar refractivity (Wildman–Crippen MR) is 94.7 cm³/mol. The first-order chi connectivity index (χ1) is 13.0. The van der Waals surface area contributed by atoms with Crippen molar-refractivity contribution in [2.24, 2.45) is 0 Å². The number of carbonyl (C=O) groups is 2. The molecule has 1 aromatic carbocycles. The first kappa shape index (κ1) is 18.9. The van der Waals surface area contributed by atoms with Crippen LogP contribution in [0.15, 0.2) is 40.8 Å². The smallest absolute Gasteiger partial charge is 0.374 e. The SMILES string of the molecule is CC1CCCCN1C(=O)COC(=O)c1ccc(COc2ccc(F)cc2)o1. The Hall–Kier alpha value is -2.83. The number of piperidine rings is 1. The van der Waals surface area contributed by atoms with Gasteiger partial charge in [0, 0.05) is 12.6 Å². The number of amides is 1. The van der Waals surface area contributed by atoms with Crippen LogP contribution in [-0.4, -0.2) is 36.0 Å². The van der Waals surface area contributed by atoms with Gasteiger partial charge in [0.1, 0.15) is 23.9 Å². The molecule has 1 aliphatic rings. The molecule has 1 aliphatic heterocycles. The Balaban J connectivity index is 1.47. The first-order valence-corrected chi connectivity index (χ1v) is 8.96. The Morgan fingerprint density at radius 1 is 1.19 bits per heavy atom. The van der Waals surface area contributed by atoms with Gasteiger partial charge in [-0.15, -0.1) is 0 Å². The maximum absolute atomic E-state index is 12.9. The number of hydrogen-bond donors (Lipinski definition) is 0. The Morgan fingerprint density at radius 2 is 1.96 bits per heavy atom. The highest BCUT2D eigenvalue weighted by atomic mass is 19.1. The lowest BCUT2D eigenvalue weighted by Gasteiger charge is -2.33. The molecule has 7 heteroatoms. The third kappa shape index (κ3) is 5.09. The van der Waals surface area contributed by atoms with Crippen molar-refractivity contribution in [1.29, 1.82) is 0 Å². The van der Waals surface area contributed by atoms with Crippen LogP contribution in [0, 0.1) is 5.82 Å². The molecule has 1 unspecified atom stereocenters. The molecule has 0 saturated carbocycles. The number of hydrogen-bond acceptors (Lipinski definition) is 5. The number of halogens is 1. The van der Waals surface area contributed by atoms with E-state index < -0.39 is 5.97 Å². The lowest BCUT2D eigenvalue weighted by Crippen LogP contribution is -2.44. The molecule has 3 rings (SSSR count). The summed E-state index contributed by atoms with van der Waals surface area (Å²) in [5.41, 5.74) is 0. The van der Waals surface area contributed by atoms with Gasteiger partial charge in [0.15, 0.2) is 6.61 Å². The minimum atomic E-state index is -0.693. The van der Waals surface area contributed by atoms with E-state index >= 15 is 0 Å². The topological polar surface area (TPSA) is 69.0 Å². The predicted octanol–water partition coefficient (Wildman–Crippen LogP) is 3.56. The van der Waals surface area contributed by atoms with E-state index in [1.54, 1.807) is 11.0 Å². The maximum atomic E-state index is 12.9. The third-order valence-corrected chi connectivity index (χ3v) is 4.51. The van der Waals surface area contributed by atoms with Crippen molar-refractivity contribution in [3.63, 3.8) is 0 Å². The van der Waals surface area contributed by atoms with Crippen LogP contribution in [0.5, 0.6) is 5.75 Å². The van der Waals surface area contributed by atoms with E-state index in [-0.39, 0.29) is 36.7 Å². The molecular formula is C20H22FNO5. The molecule has 1 amide bonds. The average molecular weight is 375 g/mol. The summed E-state index contributed by atoms with van der Waals surface area (Å²) in [6, 6.07) is 8.82. The van der Waals surface area contributed by atoms with Crippen LogP contribution in [0.3, 0.4) is 0 Å². The molecule has 0 radical (unpaired) electrons. The van der Waals surface area contributed by atoms with Crippen LogP contribution in [0.2, 0.25) is 0 Å². The van der Waals surface area contributed by atoms with Gasteiger partial charge >= 0.3 is 5.97 Å². The first-order valence-electron chi connectivity index (χ1n) is 8.96. The fraction of sp³-hybridized carbons (Fsp3) is 0.400. The van der Waals surface area contributed by atoms with Gasteiger partial charge < -0.3 is 18.8 Å². The van der Waals surface area contributed by atoms with Crippen molar-refractivity contribution in [2.75, 3.05) is 13.2 Å². The number of furan rings is 1. The van der Waals surface area contributed by atoms with Crippen LogP contribution < -0.4 is 4.74 Å². The normalized spacial score (nSPS) is 16.8. The number of likely N-dealkylation sites (tertiary alicyclic amines) is 1. The molecule has 1 fully saturated rings. The van der Waals surface area contributed by atoms with Gasteiger partial charge in [-0.25, -0.2) is 9.18 Å². The van der Waals surface area contributed by atoms with E-state index in [1.165, 1.54) is 30.3 Å². The van der Waals surface area contributed by atoms with Crippen LogP contribution in [0.1, 0.15) is 42.5 Å². The largest absolute Gasteiger partial charge is 0.486 e. The quantitative estimate of drug-likeness (QED) is 0.722. The summed E-state index contributed by atoms with van der Waals surface area (Å²) in [6.07, 6.45) is 3.05. The van der Waals surface area contributed by atoms with Crippen molar-refractivity contribution in [3.8, 4) is 5.75 Å². The highest BCUT2D eigenvalue weighted by Gasteiger charge is 2.24. The van der Waals surface area contributed by atoms with Crippen molar-refractivity contribution in [1.82, 2.24) is 4.90 Å². The summed E-state index contributed by atoms with van der Waals surface area (Å²) in [4.78, 5) is 26.0. The Bertz CT molecular complexity index is 786. The van der Waals surface area contributed by atoms with E-state index in [9.17, 15) is 14.0 Å². The zero-order valence-electron chi connectivity index (χ0n) is 15.2. The monoisotopic (exact) mass is 375 g/mol. The summed E-state index contributed by atoms with van der Waals surface area (Å²) in [5.74, 6) is -0.325. The number of esters is 1. The summed E-state index contributed by atoms with van der Waals surface area (Å²) in [5, 5.41) is 0. The molecule has 1 aromatic heterocycles. The number of carbonyl (C=O) groups excluding carboxylic acids is 2. The molecule has 2 aromatic rings. The minimum Gasteiger partial charge on any atom is -0.486 e. The van der Waals surface area contributed by atoms with E-state index in [2.05, 4.69) is 0 Å². The van der Waals surface area contributed by atoms with Gasteiger partial charge in [-0.05, 0) is 62.6 Å². The molecule has 27 heavy (non-hydrogen) atoms. The average Bonchev–Trinajstić information content (AvgIpc) is 3.15. The number of nitrogens with zero attached hydrogens (tertiary/aromatic N) is 1. The second-order valence-electron chi connectivity index (χ2n) is 6.52. The van der Waals surface area contributed by atoms with Crippen molar-refractivity contribution >= 4 is 11.9 Å². The number of rotatable bonds is 6. The molecule has 0 spiro atoms. The Morgan fingerprint density at radius 3 is 2.70 bits per heavy atom.